The predicted octanol–water partition coefficient (Wildman–Crippen LogP) is 2.04. The highest BCUT2D eigenvalue weighted by Crippen LogP contribution is 2.22. The zero-order valence-electron chi connectivity index (χ0n) is 12.8. The zero-order valence-corrected chi connectivity index (χ0v) is 12.8. The van der Waals surface area contributed by atoms with E-state index in [4.69, 9.17) is 0 Å². The van der Waals surface area contributed by atoms with Crippen molar-refractivity contribution in [2.75, 3.05) is 5.43 Å². The SMILES string of the molecule is CC1=CC(=O)N(Nc2nc(-c3ccccc3)nn3cccc23)C1=O. The number of hydrazine groups is 1. The number of carbonyl (C=O) groups is 2. The van der Waals surface area contributed by atoms with Gasteiger partial charge in [-0.3, -0.25) is 15.0 Å². The van der Waals surface area contributed by atoms with Gasteiger partial charge in [0.2, 0.25) is 0 Å². The summed E-state index contributed by atoms with van der Waals surface area (Å²) in [4.78, 5) is 28.5. The molecule has 0 bridgehead atoms. The van der Waals surface area contributed by atoms with Crippen LogP contribution in [-0.4, -0.2) is 31.4 Å². The highest BCUT2D eigenvalue weighted by Gasteiger charge is 2.29. The molecular formula is C17H13N5O2. The Morgan fingerprint density at radius 1 is 1.04 bits per heavy atom. The Morgan fingerprint density at radius 3 is 2.54 bits per heavy atom. The number of hydrogen-bond donors (Lipinski definition) is 1. The van der Waals surface area contributed by atoms with Crippen LogP contribution in [0.5, 0.6) is 0 Å². The number of fused-ring (bicyclic) bond motifs is 1. The summed E-state index contributed by atoms with van der Waals surface area (Å²) in [6.07, 6.45) is 3.08. The molecule has 0 unspecified atom stereocenters. The van der Waals surface area contributed by atoms with Gasteiger partial charge >= 0.3 is 0 Å². The number of anilines is 1. The third kappa shape index (κ3) is 2.23. The molecule has 1 aliphatic rings. The average molecular weight is 319 g/mol. The lowest BCUT2D eigenvalue weighted by Crippen LogP contribution is -2.36. The van der Waals surface area contributed by atoms with E-state index in [2.05, 4.69) is 15.5 Å². The molecule has 2 aromatic heterocycles. The van der Waals surface area contributed by atoms with Gasteiger partial charge in [0.15, 0.2) is 11.6 Å². The Balaban J connectivity index is 1.79. The Kier molecular flexibility index (Phi) is 3.13. The van der Waals surface area contributed by atoms with Crippen LogP contribution in [0.1, 0.15) is 6.92 Å². The molecule has 0 atom stereocenters. The minimum absolute atomic E-state index is 0.385. The minimum atomic E-state index is -0.415. The molecule has 0 aliphatic carbocycles. The molecule has 0 saturated carbocycles. The number of rotatable bonds is 3. The monoisotopic (exact) mass is 319 g/mol. The van der Waals surface area contributed by atoms with Crippen molar-refractivity contribution in [1.29, 1.82) is 0 Å². The Hall–Kier alpha value is -3.48. The number of carbonyl (C=O) groups excluding carboxylic acids is 2. The summed E-state index contributed by atoms with van der Waals surface area (Å²) in [5.41, 5.74) is 4.71. The Bertz CT molecular complexity index is 991. The molecule has 3 heterocycles. The lowest BCUT2D eigenvalue weighted by molar-refractivity contribution is -0.135. The number of benzene rings is 1. The Morgan fingerprint density at radius 2 is 1.83 bits per heavy atom. The summed E-state index contributed by atoms with van der Waals surface area (Å²) >= 11 is 0. The van der Waals surface area contributed by atoms with Crippen LogP contribution < -0.4 is 5.43 Å². The van der Waals surface area contributed by atoms with Crippen LogP contribution in [0.2, 0.25) is 0 Å². The summed E-state index contributed by atoms with van der Waals surface area (Å²) in [5.74, 6) is 0.0795. The van der Waals surface area contributed by atoms with Gasteiger partial charge in [0.25, 0.3) is 11.8 Å². The number of nitrogens with one attached hydrogen (secondary N) is 1. The molecule has 4 rings (SSSR count). The first-order valence-electron chi connectivity index (χ1n) is 7.38. The second kappa shape index (κ2) is 5.31. The van der Waals surface area contributed by atoms with Crippen molar-refractivity contribution in [3.05, 3.63) is 60.3 Å². The second-order valence-corrected chi connectivity index (χ2v) is 5.41. The molecule has 2 amide bonds. The lowest BCUT2D eigenvalue weighted by Gasteiger charge is -2.17. The van der Waals surface area contributed by atoms with Crippen LogP contribution in [0, 0.1) is 0 Å². The van der Waals surface area contributed by atoms with E-state index in [-0.39, 0.29) is 5.91 Å². The van der Waals surface area contributed by atoms with Gasteiger partial charge in [-0.05, 0) is 19.1 Å². The maximum Gasteiger partial charge on any atom is 0.275 e. The van der Waals surface area contributed by atoms with E-state index in [0.717, 1.165) is 10.6 Å². The van der Waals surface area contributed by atoms with Crippen molar-refractivity contribution in [1.82, 2.24) is 19.6 Å². The van der Waals surface area contributed by atoms with Crippen LogP contribution >= 0.6 is 0 Å². The molecule has 7 heteroatoms. The maximum absolute atomic E-state index is 12.1. The van der Waals surface area contributed by atoms with Crippen molar-refractivity contribution in [3.8, 4) is 11.4 Å². The molecule has 1 aliphatic heterocycles. The van der Waals surface area contributed by atoms with E-state index < -0.39 is 5.91 Å². The fourth-order valence-corrected chi connectivity index (χ4v) is 2.53. The third-order valence-corrected chi connectivity index (χ3v) is 3.74. The lowest BCUT2D eigenvalue weighted by atomic mass is 10.2. The van der Waals surface area contributed by atoms with E-state index in [1.54, 1.807) is 17.6 Å². The molecule has 3 aromatic rings. The third-order valence-electron chi connectivity index (χ3n) is 3.74. The van der Waals surface area contributed by atoms with Crippen LogP contribution in [0.15, 0.2) is 60.3 Å². The molecule has 7 nitrogen and oxygen atoms in total. The van der Waals surface area contributed by atoms with Crippen LogP contribution in [-0.2, 0) is 9.59 Å². The summed E-state index contributed by atoms with van der Waals surface area (Å²) in [7, 11) is 0. The van der Waals surface area contributed by atoms with Gasteiger partial charge in [0.1, 0.15) is 5.52 Å². The average Bonchev–Trinajstić information content (AvgIpc) is 3.16. The van der Waals surface area contributed by atoms with E-state index in [9.17, 15) is 9.59 Å². The largest absolute Gasteiger partial charge is 0.275 e. The van der Waals surface area contributed by atoms with Gasteiger partial charge in [0, 0.05) is 23.4 Å². The van der Waals surface area contributed by atoms with E-state index in [1.165, 1.54) is 6.08 Å². The number of imide groups is 1. The van der Waals surface area contributed by atoms with Crippen LogP contribution in [0.4, 0.5) is 5.82 Å². The molecule has 1 N–H and O–H groups in total. The van der Waals surface area contributed by atoms with E-state index in [0.29, 0.717) is 22.7 Å². The fourth-order valence-electron chi connectivity index (χ4n) is 2.53. The standard InChI is InChI=1S/C17H13N5O2/c1-11-10-14(23)22(17(11)24)20-16-13-8-5-9-21(13)19-15(18-16)12-6-3-2-4-7-12/h2-10H,1H3,(H,18,19,20). The molecule has 0 radical (unpaired) electrons. The fraction of sp³-hybridized carbons (Fsp3) is 0.0588. The van der Waals surface area contributed by atoms with Gasteiger partial charge in [-0.1, -0.05) is 30.3 Å². The first-order valence-corrected chi connectivity index (χ1v) is 7.38. The van der Waals surface area contributed by atoms with Gasteiger partial charge in [-0.25, -0.2) is 9.50 Å². The van der Waals surface area contributed by atoms with Gasteiger partial charge in [0.05, 0.1) is 0 Å². The summed E-state index contributed by atoms with van der Waals surface area (Å²) in [6.45, 7) is 1.60. The van der Waals surface area contributed by atoms with Gasteiger partial charge in [-0.15, -0.1) is 5.10 Å². The minimum Gasteiger partial charge on any atom is -0.270 e. The van der Waals surface area contributed by atoms with Crippen LogP contribution in [0.25, 0.3) is 16.9 Å². The summed E-state index contributed by atoms with van der Waals surface area (Å²) in [6, 6.07) is 13.1. The quantitative estimate of drug-likeness (QED) is 0.747. The molecule has 0 fully saturated rings. The molecule has 0 saturated heterocycles. The highest BCUT2D eigenvalue weighted by molar-refractivity contribution is 6.16. The van der Waals surface area contributed by atoms with E-state index in [1.807, 2.05) is 42.5 Å². The number of hydrogen-bond acceptors (Lipinski definition) is 5. The van der Waals surface area contributed by atoms with Crippen molar-refractivity contribution in [2.45, 2.75) is 6.92 Å². The van der Waals surface area contributed by atoms with Gasteiger partial charge in [-0.2, -0.15) is 5.01 Å². The predicted molar refractivity (Wildman–Crippen MR) is 87.7 cm³/mol. The topological polar surface area (TPSA) is 79.6 Å². The highest BCUT2D eigenvalue weighted by atomic mass is 16.2. The first kappa shape index (κ1) is 14.1. The van der Waals surface area contributed by atoms with Crippen molar-refractivity contribution < 1.29 is 9.59 Å². The van der Waals surface area contributed by atoms with Crippen LogP contribution in [0.3, 0.4) is 0 Å². The molecule has 118 valence electrons. The maximum atomic E-state index is 12.1. The van der Waals surface area contributed by atoms with E-state index >= 15 is 0 Å². The number of amides is 2. The first-order chi connectivity index (χ1) is 11.6. The molecular weight excluding hydrogens is 306 g/mol. The number of nitrogens with zero attached hydrogens (tertiary/aromatic N) is 4. The van der Waals surface area contributed by atoms with Crippen molar-refractivity contribution in [2.24, 2.45) is 0 Å². The van der Waals surface area contributed by atoms with Gasteiger partial charge < -0.3 is 0 Å². The molecule has 24 heavy (non-hydrogen) atoms. The normalized spacial score (nSPS) is 14.4. The zero-order chi connectivity index (χ0) is 16.7. The molecule has 1 aromatic carbocycles. The van der Waals surface area contributed by atoms with Crippen molar-refractivity contribution >= 4 is 23.1 Å². The Labute approximate surface area is 137 Å². The second-order valence-electron chi connectivity index (χ2n) is 5.41. The smallest absolute Gasteiger partial charge is 0.270 e. The summed E-state index contributed by atoms with van der Waals surface area (Å²) in [5, 5.41) is 5.42. The number of aromatic nitrogens is 3. The summed E-state index contributed by atoms with van der Waals surface area (Å²) < 4.78 is 1.66. The molecule has 0 spiro atoms. The van der Waals surface area contributed by atoms with Crippen molar-refractivity contribution in [3.63, 3.8) is 0 Å².